The highest BCUT2D eigenvalue weighted by molar-refractivity contribution is 5.97. The predicted octanol–water partition coefficient (Wildman–Crippen LogP) is 1.95. The van der Waals surface area contributed by atoms with Gasteiger partial charge in [-0.15, -0.1) is 10.2 Å². The number of nitrogens with zero attached hydrogens (tertiary/aromatic N) is 5. The second-order valence-corrected chi connectivity index (χ2v) is 7.56. The van der Waals surface area contributed by atoms with Gasteiger partial charge in [0.05, 0.1) is 13.1 Å². The average Bonchev–Trinajstić information content (AvgIpc) is 3.26. The number of para-hydroxylation sites is 1. The van der Waals surface area contributed by atoms with Crippen molar-refractivity contribution in [2.24, 2.45) is 0 Å². The van der Waals surface area contributed by atoms with Crippen LogP contribution < -0.4 is 4.90 Å². The van der Waals surface area contributed by atoms with Crippen LogP contribution in [0.2, 0.25) is 0 Å². The quantitative estimate of drug-likeness (QED) is 0.859. The normalized spacial score (nSPS) is 22.8. The zero-order valence-corrected chi connectivity index (χ0v) is 14.6. The molecular formula is C19H23N5O. The van der Waals surface area contributed by atoms with Crippen LogP contribution in [0.5, 0.6) is 0 Å². The number of rotatable bonds is 3. The molecule has 25 heavy (non-hydrogen) atoms. The van der Waals surface area contributed by atoms with Gasteiger partial charge in [0.25, 0.3) is 0 Å². The number of anilines is 1. The van der Waals surface area contributed by atoms with Gasteiger partial charge in [-0.3, -0.25) is 9.69 Å². The molecule has 0 spiro atoms. The first-order valence-electron chi connectivity index (χ1n) is 9.25. The first-order chi connectivity index (χ1) is 12.2. The molecule has 1 fully saturated rings. The molecule has 1 aromatic heterocycles. The number of fused-ring (bicyclic) bond motifs is 2. The fourth-order valence-corrected chi connectivity index (χ4v) is 4.22. The Morgan fingerprint density at radius 2 is 2.04 bits per heavy atom. The zero-order valence-electron chi connectivity index (χ0n) is 14.6. The molecule has 0 bridgehead atoms. The summed E-state index contributed by atoms with van der Waals surface area (Å²) in [5.74, 6) is 2.98. The van der Waals surface area contributed by atoms with E-state index in [1.54, 1.807) is 0 Å². The van der Waals surface area contributed by atoms with Crippen LogP contribution in [0.1, 0.15) is 42.9 Å². The molecule has 130 valence electrons. The molecule has 1 saturated carbocycles. The molecule has 1 aliphatic carbocycles. The summed E-state index contributed by atoms with van der Waals surface area (Å²) in [5.41, 5.74) is 2.35. The average molecular weight is 337 g/mol. The molecule has 0 N–H and O–H groups in total. The molecule has 3 aliphatic rings. The molecule has 1 atom stereocenters. The SMILES string of the molecule is C[C@@H]1Cc2ccccc2N1C(=O)CN1CCn2c(nnc2C2CC2)C1. The number of carbonyl (C=O) groups excluding carboxylic acids is 1. The molecule has 0 unspecified atom stereocenters. The lowest BCUT2D eigenvalue weighted by atomic mass is 10.1. The molecule has 6 heteroatoms. The number of carbonyl (C=O) groups is 1. The van der Waals surface area contributed by atoms with Crippen molar-refractivity contribution in [3.8, 4) is 0 Å². The van der Waals surface area contributed by atoms with Crippen molar-refractivity contribution in [3.63, 3.8) is 0 Å². The molecule has 6 nitrogen and oxygen atoms in total. The fraction of sp³-hybridized carbons (Fsp3) is 0.526. The van der Waals surface area contributed by atoms with E-state index < -0.39 is 0 Å². The van der Waals surface area contributed by atoms with E-state index in [4.69, 9.17) is 0 Å². The van der Waals surface area contributed by atoms with Gasteiger partial charge in [-0.25, -0.2) is 0 Å². The van der Waals surface area contributed by atoms with Gasteiger partial charge in [-0.2, -0.15) is 0 Å². The van der Waals surface area contributed by atoms with Crippen LogP contribution in [0.3, 0.4) is 0 Å². The molecule has 3 heterocycles. The summed E-state index contributed by atoms with van der Waals surface area (Å²) in [4.78, 5) is 17.1. The Balaban J connectivity index is 1.30. The van der Waals surface area contributed by atoms with Gasteiger partial charge in [-0.05, 0) is 37.8 Å². The highest BCUT2D eigenvalue weighted by Crippen LogP contribution is 2.39. The first-order valence-corrected chi connectivity index (χ1v) is 9.25. The Labute approximate surface area is 147 Å². The van der Waals surface area contributed by atoms with E-state index in [2.05, 4.69) is 44.8 Å². The van der Waals surface area contributed by atoms with Gasteiger partial charge >= 0.3 is 0 Å². The maximum absolute atomic E-state index is 13.0. The zero-order chi connectivity index (χ0) is 17.0. The largest absolute Gasteiger partial charge is 0.312 e. The summed E-state index contributed by atoms with van der Waals surface area (Å²) >= 11 is 0. The van der Waals surface area contributed by atoms with Gasteiger partial charge < -0.3 is 9.47 Å². The smallest absolute Gasteiger partial charge is 0.241 e. The summed E-state index contributed by atoms with van der Waals surface area (Å²) < 4.78 is 2.27. The lowest BCUT2D eigenvalue weighted by Gasteiger charge is -2.30. The minimum Gasteiger partial charge on any atom is -0.312 e. The Morgan fingerprint density at radius 1 is 1.20 bits per heavy atom. The van der Waals surface area contributed by atoms with Crippen molar-refractivity contribution >= 4 is 11.6 Å². The Hall–Kier alpha value is -2.21. The van der Waals surface area contributed by atoms with Gasteiger partial charge in [0.1, 0.15) is 11.6 Å². The summed E-state index contributed by atoms with van der Waals surface area (Å²) in [7, 11) is 0. The third-order valence-corrected chi connectivity index (χ3v) is 5.64. The van der Waals surface area contributed by atoms with Crippen molar-refractivity contribution in [1.82, 2.24) is 19.7 Å². The van der Waals surface area contributed by atoms with Crippen LogP contribution in [-0.4, -0.2) is 44.7 Å². The number of hydrogen-bond donors (Lipinski definition) is 0. The maximum atomic E-state index is 13.0. The van der Waals surface area contributed by atoms with E-state index in [0.717, 1.165) is 43.4 Å². The summed E-state index contributed by atoms with van der Waals surface area (Å²) in [5, 5.41) is 8.75. The fourth-order valence-electron chi connectivity index (χ4n) is 4.22. The Bertz CT molecular complexity index is 825. The number of amides is 1. The first kappa shape index (κ1) is 15.1. The Kier molecular flexibility index (Phi) is 3.41. The van der Waals surface area contributed by atoms with Gasteiger partial charge in [0.15, 0.2) is 0 Å². The predicted molar refractivity (Wildman–Crippen MR) is 94.4 cm³/mol. The summed E-state index contributed by atoms with van der Waals surface area (Å²) in [6.07, 6.45) is 3.43. The molecular weight excluding hydrogens is 314 g/mol. The van der Waals surface area contributed by atoms with Crippen molar-refractivity contribution in [2.45, 2.75) is 51.2 Å². The van der Waals surface area contributed by atoms with E-state index in [0.29, 0.717) is 12.5 Å². The van der Waals surface area contributed by atoms with Crippen LogP contribution in [0.4, 0.5) is 5.69 Å². The van der Waals surface area contributed by atoms with Crippen molar-refractivity contribution in [1.29, 1.82) is 0 Å². The van der Waals surface area contributed by atoms with Crippen LogP contribution >= 0.6 is 0 Å². The minimum atomic E-state index is 0.188. The lowest BCUT2D eigenvalue weighted by Crippen LogP contribution is -2.45. The molecule has 2 aliphatic heterocycles. The number of aromatic nitrogens is 3. The molecule has 1 aromatic carbocycles. The highest BCUT2D eigenvalue weighted by Gasteiger charge is 2.34. The summed E-state index contributed by atoms with van der Waals surface area (Å²) in [6.45, 7) is 5.08. The second-order valence-electron chi connectivity index (χ2n) is 7.56. The van der Waals surface area contributed by atoms with E-state index in [-0.39, 0.29) is 11.9 Å². The number of benzene rings is 1. The molecule has 5 rings (SSSR count). The summed E-state index contributed by atoms with van der Waals surface area (Å²) in [6, 6.07) is 8.49. The molecule has 2 aromatic rings. The van der Waals surface area contributed by atoms with Gasteiger partial charge in [-0.1, -0.05) is 18.2 Å². The van der Waals surface area contributed by atoms with Crippen molar-refractivity contribution in [2.75, 3.05) is 18.0 Å². The monoisotopic (exact) mass is 337 g/mol. The van der Waals surface area contributed by atoms with Crippen LogP contribution in [0, 0.1) is 0 Å². The van der Waals surface area contributed by atoms with E-state index in [1.165, 1.54) is 18.4 Å². The number of hydrogen-bond acceptors (Lipinski definition) is 4. The molecule has 0 saturated heterocycles. The van der Waals surface area contributed by atoms with Crippen LogP contribution in [-0.2, 0) is 24.3 Å². The minimum absolute atomic E-state index is 0.188. The Morgan fingerprint density at radius 3 is 2.88 bits per heavy atom. The van der Waals surface area contributed by atoms with Crippen LogP contribution in [0.15, 0.2) is 24.3 Å². The van der Waals surface area contributed by atoms with Crippen molar-refractivity contribution in [3.05, 3.63) is 41.5 Å². The van der Waals surface area contributed by atoms with Crippen molar-refractivity contribution < 1.29 is 4.79 Å². The molecule has 1 amide bonds. The molecule has 0 radical (unpaired) electrons. The van der Waals surface area contributed by atoms with E-state index in [1.807, 2.05) is 11.0 Å². The van der Waals surface area contributed by atoms with E-state index in [9.17, 15) is 4.79 Å². The topological polar surface area (TPSA) is 54.3 Å². The van der Waals surface area contributed by atoms with Gasteiger partial charge in [0, 0.05) is 30.7 Å². The third kappa shape index (κ3) is 2.56. The third-order valence-electron chi connectivity index (χ3n) is 5.64. The highest BCUT2D eigenvalue weighted by atomic mass is 16.2. The van der Waals surface area contributed by atoms with Gasteiger partial charge in [0.2, 0.25) is 5.91 Å². The second kappa shape index (κ2) is 5.66. The van der Waals surface area contributed by atoms with E-state index >= 15 is 0 Å². The maximum Gasteiger partial charge on any atom is 0.241 e. The van der Waals surface area contributed by atoms with Crippen LogP contribution in [0.25, 0.3) is 0 Å². The standard InChI is InChI=1S/C19H23N5O/c1-13-10-15-4-2-3-5-16(15)24(13)18(25)12-22-8-9-23-17(11-22)20-21-19(23)14-6-7-14/h2-5,13-14H,6-12H2,1H3/t13-/m1/s1. The lowest BCUT2D eigenvalue weighted by molar-refractivity contribution is -0.120.